The average Bonchev–Trinajstić information content (AvgIpc) is 2.42. The minimum atomic E-state index is -1.60. The molecule has 1 aliphatic rings. The highest BCUT2D eigenvalue weighted by Gasteiger charge is 2.23. The van der Waals surface area contributed by atoms with Crippen LogP contribution in [0.5, 0.6) is 5.75 Å². The number of hydrogen-bond donors (Lipinski definition) is 2. The molecule has 5 heteroatoms. The Morgan fingerprint density at radius 2 is 1.95 bits per heavy atom. The number of ether oxygens (including phenoxy) is 1. The molecule has 1 saturated carbocycles. The second-order valence-corrected chi connectivity index (χ2v) is 5.23. The van der Waals surface area contributed by atoms with Gasteiger partial charge in [0.2, 0.25) is 0 Å². The zero-order valence-corrected chi connectivity index (χ0v) is 11.2. The van der Waals surface area contributed by atoms with Crippen LogP contribution in [0.1, 0.15) is 39.0 Å². The summed E-state index contributed by atoms with van der Waals surface area (Å²) in [4.78, 5) is 0. The van der Waals surface area contributed by atoms with E-state index in [1.807, 2.05) is 0 Å². The highest BCUT2D eigenvalue weighted by Crippen LogP contribution is 2.29. The van der Waals surface area contributed by atoms with Crippen molar-refractivity contribution in [2.75, 3.05) is 0 Å². The third-order valence-electron chi connectivity index (χ3n) is 3.92. The molecule has 0 saturated heterocycles. The van der Waals surface area contributed by atoms with Crippen LogP contribution in [0.2, 0.25) is 0 Å². The highest BCUT2D eigenvalue weighted by atomic mass is 19.1. The van der Waals surface area contributed by atoms with E-state index in [1.54, 1.807) is 0 Å². The molecule has 0 atom stereocenters. The summed E-state index contributed by atoms with van der Waals surface area (Å²) in [5.41, 5.74) is 0.249. The number of halogens is 1. The maximum Gasteiger partial charge on any atom is 0.488 e. The summed E-state index contributed by atoms with van der Waals surface area (Å²) in [5.74, 6) is 0.419. The van der Waals surface area contributed by atoms with Crippen molar-refractivity contribution in [1.29, 1.82) is 0 Å². The van der Waals surface area contributed by atoms with Crippen LogP contribution in [0.3, 0.4) is 0 Å². The maximum absolute atomic E-state index is 13.6. The molecule has 1 aliphatic carbocycles. The molecule has 0 bridgehead atoms. The molecule has 0 aromatic heterocycles. The first-order valence-corrected chi connectivity index (χ1v) is 6.92. The summed E-state index contributed by atoms with van der Waals surface area (Å²) in [6.07, 6.45) is 5.32. The average molecular weight is 266 g/mol. The van der Waals surface area contributed by atoms with Crippen LogP contribution in [0.25, 0.3) is 0 Å². The van der Waals surface area contributed by atoms with Crippen molar-refractivity contribution in [1.82, 2.24) is 0 Å². The quantitative estimate of drug-likeness (QED) is 0.818. The van der Waals surface area contributed by atoms with Crippen LogP contribution in [0.15, 0.2) is 18.2 Å². The summed E-state index contributed by atoms with van der Waals surface area (Å²) < 4.78 is 19.3. The Morgan fingerprint density at radius 1 is 1.26 bits per heavy atom. The van der Waals surface area contributed by atoms with Gasteiger partial charge in [-0.15, -0.1) is 0 Å². The lowest BCUT2D eigenvalue weighted by atomic mass is 9.80. The van der Waals surface area contributed by atoms with Gasteiger partial charge in [0.15, 0.2) is 11.6 Å². The molecular weight excluding hydrogens is 246 g/mol. The topological polar surface area (TPSA) is 49.7 Å². The van der Waals surface area contributed by atoms with Crippen LogP contribution in [0, 0.1) is 11.7 Å². The van der Waals surface area contributed by atoms with Crippen LogP contribution in [0.4, 0.5) is 4.39 Å². The lowest BCUT2D eigenvalue weighted by Crippen LogP contribution is -2.30. The molecule has 1 fully saturated rings. The van der Waals surface area contributed by atoms with Gasteiger partial charge in [0.25, 0.3) is 0 Å². The Kier molecular flexibility index (Phi) is 4.83. The lowest BCUT2D eigenvalue weighted by molar-refractivity contribution is 0.125. The summed E-state index contributed by atoms with van der Waals surface area (Å²) in [7, 11) is -1.60. The monoisotopic (exact) mass is 266 g/mol. The molecule has 104 valence electrons. The Bertz CT molecular complexity index is 417. The summed E-state index contributed by atoms with van der Waals surface area (Å²) >= 11 is 0. The van der Waals surface area contributed by atoms with Crippen molar-refractivity contribution in [3.63, 3.8) is 0 Å². The van der Waals surface area contributed by atoms with E-state index in [4.69, 9.17) is 14.8 Å². The van der Waals surface area contributed by atoms with E-state index < -0.39 is 12.9 Å². The van der Waals surface area contributed by atoms with E-state index in [0.29, 0.717) is 0 Å². The molecule has 2 N–H and O–H groups in total. The molecule has 2 rings (SSSR count). The number of rotatable bonds is 4. The Labute approximate surface area is 113 Å². The van der Waals surface area contributed by atoms with Crippen molar-refractivity contribution in [2.24, 2.45) is 5.92 Å². The Balaban J connectivity index is 2.01. The van der Waals surface area contributed by atoms with Gasteiger partial charge >= 0.3 is 7.12 Å². The van der Waals surface area contributed by atoms with E-state index in [2.05, 4.69) is 6.92 Å². The maximum atomic E-state index is 13.6. The zero-order chi connectivity index (χ0) is 13.8. The number of hydrogen-bond acceptors (Lipinski definition) is 3. The first-order valence-electron chi connectivity index (χ1n) is 6.92. The minimum absolute atomic E-state index is 0.0309. The molecule has 0 heterocycles. The van der Waals surface area contributed by atoms with Crippen molar-refractivity contribution in [3.8, 4) is 5.75 Å². The first-order chi connectivity index (χ1) is 9.10. The van der Waals surface area contributed by atoms with Gasteiger partial charge in [0.05, 0.1) is 6.10 Å². The minimum Gasteiger partial charge on any atom is -0.487 e. The van der Waals surface area contributed by atoms with Gasteiger partial charge in [-0.2, -0.15) is 0 Å². The normalized spacial score (nSPS) is 23.2. The molecule has 0 amide bonds. The third-order valence-corrected chi connectivity index (χ3v) is 3.92. The fourth-order valence-corrected chi connectivity index (χ4v) is 2.61. The Hall–Kier alpha value is -1.07. The molecule has 0 unspecified atom stereocenters. The van der Waals surface area contributed by atoms with E-state index in [-0.39, 0.29) is 17.3 Å². The highest BCUT2D eigenvalue weighted by molar-refractivity contribution is 6.58. The second kappa shape index (κ2) is 6.39. The van der Waals surface area contributed by atoms with Crippen LogP contribution in [-0.2, 0) is 0 Å². The van der Waals surface area contributed by atoms with Gasteiger partial charge in [-0.3, -0.25) is 0 Å². The molecule has 1 aromatic rings. The molecule has 0 aliphatic heterocycles. The standard InChI is InChI=1S/C14H20BFO3/c1-2-10-3-6-12(7-4-10)19-14-9-11(15(17)18)5-8-13(14)16/h5,8-10,12,17-18H,2-4,6-7H2,1H3. The zero-order valence-electron chi connectivity index (χ0n) is 11.2. The van der Waals surface area contributed by atoms with Gasteiger partial charge < -0.3 is 14.8 Å². The SMILES string of the molecule is CCC1CCC(Oc2cc(B(O)O)ccc2F)CC1. The van der Waals surface area contributed by atoms with Crippen LogP contribution >= 0.6 is 0 Å². The molecule has 3 nitrogen and oxygen atoms in total. The summed E-state index contributed by atoms with van der Waals surface area (Å²) in [6.45, 7) is 2.19. The largest absolute Gasteiger partial charge is 0.488 e. The first kappa shape index (κ1) is 14.3. The van der Waals surface area contributed by atoms with Crippen molar-refractivity contribution >= 4 is 12.6 Å². The van der Waals surface area contributed by atoms with Gasteiger partial charge in [0, 0.05) is 0 Å². The molecular formula is C14H20BFO3. The fourth-order valence-electron chi connectivity index (χ4n) is 2.61. The fraction of sp³-hybridized carbons (Fsp3) is 0.571. The smallest absolute Gasteiger partial charge is 0.487 e. The third kappa shape index (κ3) is 3.70. The summed E-state index contributed by atoms with van der Waals surface area (Å²) in [5, 5.41) is 18.2. The van der Waals surface area contributed by atoms with Crippen LogP contribution in [-0.4, -0.2) is 23.3 Å². The Morgan fingerprint density at radius 3 is 2.53 bits per heavy atom. The van der Waals surface area contributed by atoms with Crippen LogP contribution < -0.4 is 10.2 Å². The van der Waals surface area contributed by atoms with E-state index in [1.165, 1.54) is 24.6 Å². The van der Waals surface area contributed by atoms with E-state index in [9.17, 15) is 4.39 Å². The summed E-state index contributed by atoms with van der Waals surface area (Å²) in [6, 6.07) is 3.93. The van der Waals surface area contributed by atoms with Gasteiger partial charge in [-0.1, -0.05) is 19.4 Å². The predicted molar refractivity (Wildman–Crippen MR) is 72.9 cm³/mol. The van der Waals surface area contributed by atoms with Crippen molar-refractivity contribution in [2.45, 2.75) is 45.1 Å². The molecule has 1 aromatic carbocycles. The molecule has 19 heavy (non-hydrogen) atoms. The molecule has 0 spiro atoms. The van der Waals surface area contributed by atoms with Gasteiger partial charge in [-0.05, 0) is 49.2 Å². The molecule has 0 radical (unpaired) electrons. The van der Waals surface area contributed by atoms with E-state index in [0.717, 1.165) is 31.6 Å². The predicted octanol–water partition coefficient (Wildman–Crippen LogP) is 1.85. The van der Waals surface area contributed by atoms with Crippen molar-refractivity contribution < 1.29 is 19.2 Å². The van der Waals surface area contributed by atoms with E-state index >= 15 is 0 Å². The van der Waals surface area contributed by atoms with Gasteiger partial charge in [0.1, 0.15) is 0 Å². The van der Waals surface area contributed by atoms with Crippen molar-refractivity contribution in [3.05, 3.63) is 24.0 Å². The van der Waals surface area contributed by atoms with Gasteiger partial charge in [-0.25, -0.2) is 4.39 Å². The second-order valence-electron chi connectivity index (χ2n) is 5.23. The number of benzene rings is 1. The lowest BCUT2D eigenvalue weighted by Gasteiger charge is -2.28.